The minimum atomic E-state index is -0.291. The second-order valence-corrected chi connectivity index (χ2v) is 5.71. The van der Waals surface area contributed by atoms with Crippen LogP contribution in [0.4, 0.5) is 0 Å². The van der Waals surface area contributed by atoms with Crippen LogP contribution < -0.4 is 0 Å². The van der Waals surface area contributed by atoms with Crippen molar-refractivity contribution in [3.8, 4) is 0 Å². The number of carbonyl (C=O) groups is 1. The van der Waals surface area contributed by atoms with E-state index in [1.54, 1.807) is 7.11 Å². The van der Waals surface area contributed by atoms with Gasteiger partial charge in [-0.2, -0.15) is 0 Å². The van der Waals surface area contributed by atoms with Gasteiger partial charge >= 0.3 is 5.97 Å². The van der Waals surface area contributed by atoms with Crippen molar-refractivity contribution in [2.75, 3.05) is 13.7 Å². The molecule has 0 radical (unpaired) electrons. The number of esters is 1. The summed E-state index contributed by atoms with van der Waals surface area (Å²) in [5, 5.41) is 9.27. The highest BCUT2D eigenvalue weighted by Crippen LogP contribution is 2.25. The van der Waals surface area contributed by atoms with Gasteiger partial charge in [0.1, 0.15) is 6.10 Å². The Morgan fingerprint density at radius 3 is 2.75 bits per heavy atom. The number of hydrogen-bond donors (Lipinski definition) is 1. The Labute approximate surface area is 121 Å². The van der Waals surface area contributed by atoms with Crippen LogP contribution in [0.15, 0.2) is 23.8 Å². The molecule has 0 saturated carbocycles. The number of rotatable bonds is 6. The number of ether oxygens (including phenoxy) is 2. The molecule has 4 nitrogen and oxygen atoms in total. The molecule has 1 rings (SSSR count). The minimum absolute atomic E-state index is 0.0555. The van der Waals surface area contributed by atoms with Gasteiger partial charge in [0, 0.05) is 37.5 Å². The van der Waals surface area contributed by atoms with E-state index >= 15 is 0 Å². The van der Waals surface area contributed by atoms with Crippen molar-refractivity contribution in [2.45, 2.75) is 39.9 Å². The van der Waals surface area contributed by atoms with E-state index in [4.69, 9.17) is 9.47 Å². The van der Waals surface area contributed by atoms with Crippen LogP contribution in [-0.4, -0.2) is 37.0 Å². The lowest BCUT2D eigenvalue weighted by molar-refractivity contribution is -0.144. The number of aliphatic hydroxyl groups is 1. The van der Waals surface area contributed by atoms with Crippen LogP contribution in [0.5, 0.6) is 0 Å². The summed E-state index contributed by atoms with van der Waals surface area (Å²) in [6.45, 7) is 8.10. The standard InChI is InChI=1S/C16H26O4/c1-10-6-7-14(18)20-16(10)12(3)8-11(2)15(19-5)13(4)9-17/h6-8,10-11,13,15-17H,9H2,1-5H3/b12-8+/t10-,11+,13+,15-,16+/m1/s1. The third-order valence-electron chi connectivity index (χ3n) is 3.87. The number of hydrogen-bond acceptors (Lipinski definition) is 4. The smallest absolute Gasteiger partial charge is 0.331 e. The van der Waals surface area contributed by atoms with Crippen LogP contribution >= 0.6 is 0 Å². The zero-order valence-corrected chi connectivity index (χ0v) is 13.0. The lowest BCUT2D eigenvalue weighted by atomic mass is 9.89. The Morgan fingerprint density at radius 1 is 1.55 bits per heavy atom. The molecular weight excluding hydrogens is 256 g/mol. The van der Waals surface area contributed by atoms with E-state index in [2.05, 4.69) is 13.0 Å². The van der Waals surface area contributed by atoms with Crippen molar-refractivity contribution in [3.05, 3.63) is 23.8 Å². The number of methoxy groups -OCH3 is 1. The molecule has 0 fully saturated rings. The number of carbonyl (C=O) groups excluding carboxylic acids is 1. The van der Waals surface area contributed by atoms with Gasteiger partial charge in [-0.25, -0.2) is 4.79 Å². The lowest BCUT2D eigenvalue weighted by Gasteiger charge is -2.29. The highest BCUT2D eigenvalue weighted by Gasteiger charge is 2.27. The number of cyclic esters (lactones) is 1. The summed E-state index contributed by atoms with van der Waals surface area (Å²) in [6.07, 6.45) is 5.16. The summed E-state index contributed by atoms with van der Waals surface area (Å²) < 4.78 is 10.9. The molecule has 5 atom stereocenters. The van der Waals surface area contributed by atoms with E-state index in [0.717, 1.165) is 5.57 Å². The Hall–Kier alpha value is -1.13. The maximum absolute atomic E-state index is 11.4. The molecule has 4 heteroatoms. The number of aliphatic hydroxyl groups excluding tert-OH is 1. The molecule has 1 aliphatic rings. The first kappa shape index (κ1) is 16.9. The van der Waals surface area contributed by atoms with Gasteiger partial charge in [-0.15, -0.1) is 0 Å². The summed E-state index contributed by atoms with van der Waals surface area (Å²) in [5.74, 6) is 0.0807. The van der Waals surface area contributed by atoms with E-state index in [1.807, 2.05) is 26.8 Å². The molecule has 0 aromatic carbocycles. The van der Waals surface area contributed by atoms with Crippen molar-refractivity contribution in [1.29, 1.82) is 0 Å². The normalized spacial score (nSPS) is 27.9. The fourth-order valence-corrected chi connectivity index (χ4v) is 2.78. The second kappa shape index (κ2) is 7.60. The summed E-state index contributed by atoms with van der Waals surface area (Å²) >= 11 is 0. The molecule has 0 aromatic heterocycles. The zero-order chi connectivity index (χ0) is 15.3. The van der Waals surface area contributed by atoms with E-state index in [9.17, 15) is 9.90 Å². The molecule has 0 bridgehead atoms. The predicted molar refractivity (Wildman–Crippen MR) is 78.2 cm³/mol. The monoisotopic (exact) mass is 282 g/mol. The van der Waals surface area contributed by atoms with Crippen LogP contribution in [0.1, 0.15) is 27.7 Å². The molecule has 20 heavy (non-hydrogen) atoms. The average Bonchev–Trinajstić information content (AvgIpc) is 2.41. The fourth-order valence-electron chi connectivity index (χ4n) is 2.78. The van der Waals surface area contributed by atoms with Crippen LogP contribution in [0.3, 0.4) is 0 Å². The van der Waals surface area contributed by atoms with Gasteiger partial charge < -0.3 is 14.6 Å². The third-order valence-corrected chi connectivity index (χ3v) is 3.87. The lowest BCUT2D eigenvalue weighted by Crippen LogP contribution is -2.31. The summed E-state index contributed by atoms with van der Waals surface area (Å²) in [7, 11) is 1.66. The van der Waals surface area contributed by atoms with Crippen molar-refractivity contribution in [3.63, 3.8) is 0 Å². The fraction of sp³-hybridized carbons (Fsp3) is 0.688. The second-order valence-electron chi connectivity index (χ2n) is 5.71. The molecule has 0 aromatic rings. The molecule has 1 aliphatic heterocycles. The van der Waals surface area contributed by atoms with Gasteiger partial charge in [0.15, 0.2) is 0 Å². The van der Waals surface area contributed by atoms with Gasteiger partial charge in [0.05, 0.1) is 6.10 Å². The highest BCUT2D eigenvalue weighted by atomic mass is 16.5. The first-order valence-electron chi connectivity index (χ1n) is 7.11. The molecule has 114 valence electrons. The zero-order valence-electron chi connectivity index (χ0n) is 13.0. The third kappa shape index (κ3) is 4.18. The average molecular weight is 282 g/mol. The van der Waals surface area contributed by atoms with Crippen molar-refractivity contribution in [1.82, 2.24) is 0 Å². The Balaban J connectivity index is 2.81. The molecule has 0 amide bonds. The first-order chi connectivity index (χ1) is 9.40. The SMILES string of the molecule is CO[C@H]([C@@H](C)/C=C(\C)[C@H]1OC(=O)C=C[C@H]1C)[C@@H](C)CO. The van der Waals surface area contributed by atoms with Crippen molar-refractivity contribution >= 4 is 5.97 Å². The van der Waals surface area contributed by atoms with E-state index < -0.39 is 0 Å². The highest BCUT2D eigenvalue weighted by molar-refractivity contribution is 5.83. The van der Waals surface area contributed by atoms with Gasteiger partial charge in [-0.05, 0) is 12.5 Å². The van der Waals surface area contributed by atoms with E-state index in [0.29, 0.717) is 0 Å². The molecular formula is C16H26O4. The Kier molecular flexibility index (Phi) is 6.43. The Morgan fingerprint density at radius 2 is 2.20 bits per heavy atom. The topological polar surface area (TPSA) is 55.8 Å². The van der Waals surface area contributed by atoms with Gasteiger partial charge in [-0.3, -0.25) is 0 Å². The van der Waals surface area contributed by atoms with Crippen molar-refractivity contribution in [2.24, 2.45) is 17.8 Å². The molecule has 1 heterocycles. The largest absolute Gasteiger partial charge is 0.454 e. The quantitative estimate of drug-likeness (QED) is 0.600. The van der Waals surface area contributed by atoms with E-state index in [-0.39, 0.29) is 42.5 Å². The summed E-state index contributed by atoms with van der Waals surface area (Å²) in [5.41, 5.74) is 1.02. The van der Waals surface area contributed by atoms with Crippen molar-refractivity contribution < 1.29 is 19.4 Å². The van der Waals surface area contributed by atoms with Gasteiger partial charge in [0.2, 0.25) is 0 Å². The molecule has 1 N–H and O–H groups in total. The molecule has 0 saturated heterocycles. The van der Waals surface area contributed by atoms with Gasteiger partial charge in [0.25, 0.3) is 0 Å². The van der Waals surface area contributed by atoms with Crippen LogP contribution in [0.25, 0.3) is 0 Å². The molecule has 0 unspecified atom stereocenters. The van der Waals surface area contributed by atoms with Crippen LogP contribution in [0.2, 0.25) is 0 Å². The molecule has 0 aliphatic carbocycles. The van der Waals surface area contributed by atoms with E-state index in [1.165, 1.54) is 6.08 Å². The summed E-state index contributed by atoms with van der Waals surface area (Å²) in [4.78, 5) is 11.4. The molecule has 0 spiro atoms. The van der Waals surface area contributed by atoms with Gasteiger partial charge in [-0.1, -0.05) is 32.9 Å². The summed E-state index contributed by atoms with van der Waals surface area (Å²) in [6, 6.07) is 0. The predicted octanol–water partition coefficient (Wildman–Crippen LogP) is 2.33. The van der Waals surface area contributed by atoms with Crippen LogP contribution in [-0.2, 0) is 14.3 Å². The maximum Gasteiger partial charge on any atom is 0.331 e. The van der Waals surface area contributed by atoms with Crippen LogP contribution in [0, 0.1) is 17.8 Å². The maximum atomic E-state index is 11.4. The first-order valence-corrected chi connectivity index (χ1v) is 7.11. The Bertz CT molecular complexity index is 386. The minimum Gasteiger partial charge on any atom is -0.454 e.